The van der Waals surface area contributed by atoms with Crippen molar-refractivity contribution in [1.29, 1.82) is 0 Å². The molecule has 0 saturated heterocycles. The maximum absolute atomic E-state index is 5.97. The van der Waals surface area contributed by atoms with Crippen LogP contribution in [-0.2, 0) is 0 Å². The van der Waals surface area contributed by atoms with Crippen LogP contribution in [0.1, 0.15) is 58.3 Å². The summed E-state index contributed by atoms with van der Waals surface area (Å²) in [6.07, 6.45) is 10.9. The Morgan fingerprint density at radius 2 is 1.53 bits per heavy atom. The normalized spacial score (nSPS) is 39.5. The van der Waals surface area contributed by atoms with Gasteiger partial charge in [0.15, 0.2) is 0 Å². The second-order valence-corrected chi connectivity index (χ2v) is 6.63. The fourth-order valence-electron chi connectivity index (χ4n) is 3.61. The zero-order valence-electron chi connectivity index (χ0n) is 11.7. The van der Waals surface area contributed by atoms with Gasteiger partial charge < -0.3 is 10.6 Å². The predicted octanol–water partition coefficient (Wildman–Crippen LogP) is 3.01. The summed E-state index contributed by atoms with van der Waals surface area (Å²) in [4.78, 5) is 2.65. The van der Waals surface area contributed by atoms with Crippen LogP contribution in [0.5, 0.6) is 0 Å². The first-order valence-corrected chi connectivity index (χ1v) is 7.61. The Kier molecular flexibility index (Phi) is 4.87. The van der Waals surface area contributed by atoms with Crippen LogP contribution < -0.4 is 5.73 Å². The Morgan fingerprint density at radius 1 is 0.941 bits per heavy atom. The average Bonchev–Trinajstić information content (AvgIpc) is 2.33. The molecule has 0 atom stereocenters. The zero-order chi connectivity index (χ0) is 12.3. The largest absolute Gasteiger partial charge is 0.328 e. The molecule has 2 fully saturated rings. The molecule has 2 N–H and O–H groups in total. The summed E-state index contributed by atoms with van der Waals surface area (Å²) < 4.78 is 0. The fraction of sp³-hybridized carbons (Fsp3) is 1.00. The lowest BCUT2D eigenvalue weighted by atomic mass is 9.84. The maximum atomic E-state index is 5.97. The van der Waals surface area contributed by atoms with Crippen LogP contribution >= 0.6 is 0 Å². The molecule has 0 amide bonds. The van der Waals surface area contributed by atoms with Gasteiger partial charge in [-0.25, -0.2) is 0 Å². The smallest absolute Gasteiger partial charge is 0.00925 e. The highest BCUT2D eigenvalue weighted by molar-refractivity contribution is 4.81. The van der Waals surface area contributed by atoms with Crippen molar-refractivity contribution in [2.24, 2.45) is 17.6 Å². The maximum Gasteiger partial charge on any atom is 0.00925 e. The van der Waals surface area contributed by atoms with E-state index in [9.17, 15) is 0 Å². The number of rotatable bonds is 3. The van der Waals surface area contributed by atoms with E-state index in [-0.39, 0.29) is 0 Å². The minimum absolute atomic E-state index is 0.493. The van der Waals surface area contributed by atoms with Crippen molar-refractivity contribution in [2.45, 2.75) is 70.4 Å². The molecule has 2 heteroatoms. The van der Waals surface area contributed by atoms with Gasteiger partial charge in [0, 0.05) is 18.6 Å². The summed E-state index contributed by atoms with van der Waals surface area (Å²) in [5.41, 5.74) is 5.97. The van der Waals surface area contributed by atoms with Gasteiger partial charge in [-0.05, 0) is 70.3 Å². The Morgan fingerprint density at radius 3 is 2.12 bits per heavy atom. The predicted molar refractivity (Wildman–Crippen MR) is 74.0 cm³/mol. The van der Waals surface area contributed by atoms with Gasteiger partial charge in [0.05, 0.1) is 0 Å². The quantitative estimate of drug-likeness (QED) is 0.819. The third kappa shape index (κ3) is 3.96. The summed E-state index contributed by atoms with van der Waals surface area (Å²) >= 11 is 0. The minimum Gasteiger partial charge on any atom is -0.328 e. The highest BCUT2D eigenvalue weighted by Crippen LogP contribution is 2.29. The number of hydrogen-bond acceptors (Lipinski definition) is 2. The second kappa shape index (κ2) is 6.19. The van der Waals surface area contributed by atoms with Crippen LogP contribution in [0, 0.1) is 11.8 Å². The van der Waals surface area contributed by atoms with Crippen molar-refractivity contribution in [3.8, 4) is 0 Å². The average molecular weight is 238 g/mol. The molecule has 0 heterocycles. The van der Waals surface area contributed by atoms with Crippen LogP contribution in [0.15, 0.2) is 0 Å². The molecule has 0 aliphatic heterocycles. The molecule has 0 aromatic rings. The summed E-state index contributed by atoms with van der Waals surface area (Å²) in [7, 11) is 2.34. The monoisotopic (exact) mass is 238 g/mol. The Labute approximate surface area is 107 Å². The first-order valence-electron chi connectivity index (χ1n) is 7.61. The molecular formula is C15H30N2. The van der Waals surface area contributed by atoms with E-state index in [2.05, 4.69) is 18.9 Å². The van der Waals surface area contributed by atoms with Gasteiger partial charge in [-0.3, -0.25) is 0 Å². The number of hydrogen-bond donors (Lipinski definition) is 1. The van der Waals surface area contributed by atoms with E-state index < -0.39 is 0 Å². The van der Waals surface area contributed by atoms with Gasteiger partial charge >= 0.3 is 0 Å². The summed E-state index contributed by atoms with van der Waals surface area (Å²) in [5.74, 6) is 1.88. The lowest BCUT2D eigenvalue weighted by molar-refractivity contribution is 0.134. The lowest BCUT2D eigenvalue weighted by Gasteiger charge is -2.37. The second-order valence-electron chi connectivity index (χ2n) is 6.63. The van der Waals surface area contributed by atoms with Crippen LogP contribution in [0.4, 0.5) is 0 Å². The van der Waals surface area contributed by atoms with Crippen molar-refractivity contribution < 1.29 is 0 Å². The lowest BCUT2D eigenvalue weighted by Crippen LogP contribution is -2.39. The van der Waals surface area contributed by atoms with Gasteiger partial charge in [-0.2, -0.15) is 0 Å². The van der Waals surface area contributed by atoms with Crippen molar-refractivity contribution >= 4 is 0 Å². The molecule has 0 spiro atoms. The van der Waals surface area contributed by atoms with Crippen LogP contribution in [0.2, 0.25) is 0 Å². The highest BCUT2D eigenvalue weighted by atomic mass is 15.1. The molecule has 2 aliphatic rings. The third-order valence-electron chi connectivity index (χ3n) is 5.05. The molecule has 2 rings (SSSR count). The van der Waals surface area contributed by atoms with E-state index in [0.717, 1.165) is 17.9 Å². The molecule has 17 heavy (non-hydrogen) atoms. The third-order valence-corrected chi connectivity index (χ3v) is 5.05. The van der Waals surface area contributed by atoms with Crippen LogP contribution in [0.25, 0.3) is 0 Å². The van der Waals surface area contributed by atoms with Crippen molar-refractivity contribution in [1.82, 2.24) is 4.90 Å². The first kappa shape index (κ1) is 13.4. The molecule has 0 unspecified atom stereocenters. The van der Waals surface area contributed by atoms with Gasteiger partial charge in [-0.15, -0.1) is 0 Å². The topological polar surface area (TPSA) is 29.3 Å². The van der Waals surface area contributed by atoms with E-state index in [4.69, 9.17) is 5.73 Å². The van der Waals surface area contributed by atoms with Gasteiger partial charge in [-0.1, -0.05) is 6.92 Å². The standard InChI is InChI=1S/C15H30N2/c1-12-3-9-15(10-4-12)17(2)11-13-5-7-14(16)8-6-13/h12-15H,3-11,16H2,1-2H3. The molecule has 100 valence electrons. The van der Waals surface area contributed by atoms with E-state index in [0.29, 0.717) is 6.04 Å². The van der Waals surface area contributed by atoms with Gasteiger partial charge in [0.2, 0.25) is 0 Å². The molecule has 0 bridgehead atoms. The minimum atomic E-state index is 0.493. The fourth-order valence-corrected chi connectivity index (χ4v) is 3.61. The molecule has 0 aromatic heterocycles. The van der Waals surface area contributed by atoms with Crippen molar-refractivity contribution in [3.05, 3.63) is 0 Å². The number of nitrogens with zero attached hydrogens (tertiary/aromatic N) is 1. The van der Waals surface area contributed by atoms with Gasteiger partial charge in [0.1, 0.15) is 0 Å². The van der Waals surface area contributed by atoms with E-state index >= 15 is 0 Å². The molecule has 2 saturated carbocycles. The summed E-state index contributed by atoms with van der Waals surface area (Å²) in [6.45, 7) is 3.71. The van der Waals surface area contributed by atoms with E-state index in [1.807, 2.05) is 0 Å². The molecule has 2 aliphatic carbocycles. The summed E-state index contributed by atoms with van der Waals surface area (Å²) in [6, 6.07) is 1.36. The summed E-state index contributed by atoms with van der Waals surface area (Å²) in [5, 5.41) is 0. The molecule has 2 nitrogen and oxygen atoms in total. The Bertz CT molecular complexity index is 213. The SMILES string of the molecule is CC1CCC(N(C)CC2CCC(N)CC2)CC1. The van der Waals surface area contributed by atoms with Crippen molar-refractivity contribution in [2.75, 3.05) is 13.6 Å². The first-order chi connectivity index (χ1) is 8.15. The van der Waals surface area contributed by atoms with Crippen LogP contribution in [0.3, 0.4) is 0 Å². The van der Waals surface area contributed by atoms with Crippen LogP contribution in [-0.4, -0.2) is 30.6 Å². The zero-order valence-corrected chi connectivity index (χ0v) is 11.7. The Hall–Kier alpha value is -0.0800. The van der Waals surface area contributed by atoms with E-state index in [1.165, 1.54) is 57.9 Å². The van der Waals surface area contributed by atoms with Gasteiger partial charge in [0.25, 0.3) is 0 Å². The molecule has 0 radical (unpaired) electrons. The van der Waals surface area contributed by atoms with Crippen molar-refractivity contribution in [3.63, 3.8) is 0 Å². The number of nitrogens with two attached hydrogens (primary N) is 1. The highest BCUT2D eigenvalue weighted by Gasteiger charge is 2.25. The van der Waals surface area contributed by atoms with E-state index in [1.54, 1.807) is 0 Å². The molecule has 0 aromatic carbocycles. The Balaban J connectivity index is 1.71. The molecular weight excluding hydrogens is 208 g/mol.